The quantitative estimate of drug-likeness (QED) is 0.579. The second-order valence-electron chi connectivity index (χ2n) is 4.16. The van der Waals surface area contributed by atoms with Crippen LogP contribution >= 0.6 is 0 Å². The summed E-state index contributed by atoms with van der Waals surface area (Å²) in [5.41, 5.74) is 0. The number of hydrogen-bond acceptors (Lipinski definition) is 2. The zero-order valence-corrected chi connectivity index (χ0v) is 10.3. The summed E-state index contributed by atoms with van der Waals surface area (Å²) in [5, 5.41) is 3.52. The number of rotatable bonds is 9. The molecule has 0 aliphatic carbocycles. The molecular formula is C12H27NO. The van der Waals surface area contributed by atoms with E-state index in [-0.39, 0.29) is 0 Å². The van der Waals surface area contributed by atoms with Crippen molar-refractivity contribution in [2.45, 2.75) is 53.0 Å². The van der Waals surface area contributed by atoms with Crippen LogP contribution in [0.25, 0.3) is 0 Å². The van der Waals surface area contributed by atoms with E-state index in [0.29, 0.717) is 6.04 Å². The highest BCUT2D eigenvalue weighted by atomic mass is 16.5. The molecule has 0 bridgehead atoms. The predicted octanol–water partition coefficient (Wildman–Crippen LogP) is 2.83. The van der Waals surface area contributed by atoms with Crippen LogP contribution in [0.4, 0.5) is 0 Å². The van der Waals surface area contributed by atoms with Gasteiger partial charge in [0.05, 0.1) is 0 Å². The van der Waals surface area contributed by atoms with Crippen LogP contribution in [-0.2, 0) is 4.74 Å². The van der Waals surface area contributed by atoms with E-state index in [1.165, 1.54) is 12.8 Å². The van der Waals surface area contributed by atoms with Crippen molar-refractivity contribution in [2.24, 2.45) is 5.92 Å². The second kappa shape index (κ2) is 9.47. The van der Waals surface area contributed by atoms with Gasteiger partial charge in [-0.25, -0.2) is 0 Å². The van der Waals surface area contributed by atoms with E-state index in [0.717, 1.165) is 32.1 Å². The van der Waals surface area contributed by atoms with Gasteiger partial charge in [0.25, 0.3) is 0 Å². The summed E-state index contributed by atoms with van der Waals surface area (Å²) in [6, 6.07) is 0.658. The Bertz CT molecular complexity index is 115. The van der Waals surface area contributed by atoms with Crippen LogP contribution in [0.1, 0.15) is 47.0 Å². The van der Waals surface area contributed by atoms with Crippen molar-refractivity contribution in [1.82, 2.24) is 5.32 Å². The second-order valence-corrected chi connectivity index (χ2v) is 4.16. The molecule has 0 amide bonds. The molecule has 2 nitrogen and oxygen atoms in total. The number of hydrogen-bond donors (Lipinski definition) is 1. The Morgan fingerprint density at radius 3 is 2.36 bits per heavy atom. The molecule has 0 aliphatic rings. The van der Waals surface area contributed by atoms with Crippen LogP contribution in [0, 0.1) is 5.92 Å². The van der Waals surface area contributed by atoms with E-state index in [1.54, 1.807) is 0 Å². The Kier molecular flexibility index (Phi) is 9.42. The van der Waals surface area contributed by atoms with Gasteiger partial charge in [-0.1, -0.05) is 27.7 Å². The highest BCUT2D eigenvalue weighted by Crippen LogP contribution is 2.08. The van der Waals surface area contributed by atoms with Crippen molar-refractivity contribution in [3.05, 3.63) is 0 Å². The topological polar surface area (TPSA) is 21.3 Å². The van der Waals surface area contributed by atoms with Gasteiger partial charge in [0.2, 0.25) is 0 Å². The smallest absolute Gasteiger partial charge is 0.0466 e. The minimum Gasteiger partial charge on any atom is -0.381 e. The first-order valence-corrected chi connectivity index (χ1v) is 6.03. The standard InChI is InChI=1S/C12H27NO/c1-5-9-14-10-7-8-12(11(3)4)13-6-2/h11-13H,5-10H2,1-4H3. The first kappa shape index (κ1) is 13.9. The summed E-state index contributed by atoms with van der Waals surface area (Å²) >= 11 is 0. The molecule has 14 heavy (non-hydrogen) atoms. The van der Waals surface area contributed by atoms with Crippen LogP contribution < -0.4 is 5.32 Å². The zero-order valence-electron chi connectivity index (χ0n) is 10.3. The lowest BCUT2D eigenvalue weighted by Gasteiger charge is -2.21. The summed E-state index contributed by atoms with van der Waals surface area (Å²) in [7, 11) is 0. The highest BCUT2D eigenvalue weighted by molar-refractivity contribution is 4.69. The zero-order chi connectivity index (χ0) is 10.8. The Labute approximate surface area is 89.4 Å². The van der Waals surface area contributed by atoms with Crippen LogP contribution in [0.2, 0.25) is 0 Å². The van der Waals surface area contributed by atoms with Crippen molar-refractivity contribution in [3.63, 3.8) is 0 Å². The molecule has 1 atom stereocenters. The lowest BCUT2D eigenvalue weighted by Crippen LogP contribution is -2.33. The summed E-state index contributed by atoms with van der Waals surface area (Å²) < 4.78 is 5.46. The van der Waals surface area contributed by atoms with Gasteiger partial charge in [0.1, 0.15) is 0 Å². The molecule has 0 saturated carbocycles. The monoisotopic (exact) mass is 201 g/mol. The van der Waals surface area contributed by atoms with Crippen molar-refractivity contribution in [3.8, 4) is 0 Å². The summed E-state index contributed by atoms with van der Waals surface area (Å²) in [4.78, 5) is 0. The molecule has 0 spiro atoms. The van der Waals surface area contributed by atoms with E-state index >= 15 is 0 Å². The third-order valence-electron chi connectivity index (χ3n) is 2.42. The molecule has 2 heteroatoms. The molecule has 1 N–H and O–H groups in total. The summed E-state index contributed by atoms with van der Waals surface area (Å²) in [6.07, 6.45) is 3.53. The van der Waals surface area contributed by atoms with Gasteiger partial charge < -0.3 is 10.1 Å². The van der Waals surface area contributed by atoms with Crippen LogP contribution in [-0.4, -0.2) is 25.8 Å². The maximum atomic E-state index is 5.46. The van der Waals surface area contributed by atoms with Crippen LogP contribution in [0.15, 0.2) is 0 Å². The maximum absolute atomic E-state index is 5.46. The molecule has 0 saturated heterocycles. The first-order valence-electron chi connectivity index (χ1n) is 6.03. The van der Waals surface area contributed by atoms with Crippen LogP contribution in [0.5, 0.6) is 0 Å². The Morgan fingerprint density at radius 2 is 1.86 bits per heavy atom. The molecule has 1 unspecified atom stereocenters. The molecule has 0 heterocycles. The number of ether oxygens (including phenoxy) is 1. The van der Waals surface area contributed by atoms with Crippen molar-refractivity contribution in [1.29, 1.82) is 0 Å². The Morgan fingerprint density at radius 1 is 1.14 bits per heavy atom. The van der Waals surface area contributed by atoms with Gasteiger partial charge >= 0.3 is 0 Å². The van der Waals surface area contributed by atoms with Crippen molar-refractivity contribution < 1.29 is 4.74 Å². The fourth-order valence-electron chi connectivity index (χ4n) is 1.58. The van der Waals surface area contributed by atoms with Gasteiger partial charge in [-0.2, -0.15) is 0 Å². The van der Waals surface area contributed by atoms with Crippen molar-refractivity contribution in [2.75, 3.05) is 19.8 Å². The first-order chi connectivity index (χ1) is 6.72. The van der Waals surface area contributed by atoms with Gasteiger partial charge in [-0.05, 0) is 31.7 Å². The van der Waals surface area contributed by atoms with Gasteiger partial charge in [0, 0.05) is 19.3 Å². The highest BCUT2D eigenvalue weighted by Gasteiger charge is 2.10. The Balaban J connectivity index is 3.41. The average Bonchev–Trinajstić information content (AvgIpc) is 2.15. The summed E-state index contributed by atoms with van der Waals surface area (Å²) in [6.45, 7) is 11.8. The van der Waals surface area contributed by atoms with E-state index in [9.17, 15) is 0 Å². The van der Waals surface area contributed by atoms with E-state index < -0.39 is 0 Å². The SMILES string of the molecule is CCCOCCCC(NCC)C(C)C. The molecule has 0 radical (unpaired) electrons. The maximum Gasteiger partial charge on any atom is 0.0466 e. The average molecular weight is 201 g/mol. The molecule has 0 fully saturated rings. The predicted molar refractivity (Wildman–Crippen MR) is 62.6 cm³/mol. The molecule has 0 rings (SSSR count). The van der Waals surface area contributed by atoms with E-state index in [2.05, 4.69) is 33.0 Å². The minimum absolute atomic E-state index is 0.658. The molecule has 0 aromatic heterocycles. The summed E-state index contributed by atoms with van der Waals surface area (Å²) in [5.74, 6) is 0.723. The van der Waals surface area contributed by atoms with Gasteiger partial charge in [0.15, 0.2) is 0 Å². The van der Waals surface area contributed by atoms with E-state index in [1.807, 2.05) is 0 Å². The lowest BCUT2D eigenvalue weighted by molar-refractivity contribution is 0.127. The third kappa shape index (κ3) is 7.34. The fraction of sp³-hybridized carbons (Fsp3) is 1.00. The molecule has 0 aromatic carbocycles. The minimum atomic E-state index is 0.658. The lowest BCUT2D eigenvalue weighted by atomic mass is 9.99. The molecule has 0 aromatic rings. The fourth-order valence-corrected chi connectivity index (χ4v) is 1.58. The normalized spacial score (nSPS) is 13.5. The van der Waals surface area contributed by atoms with Gasteiger partial charge in [-0.15, -0.1) is 0 Å². The Hall–Kier alpha value is -0.0800. The third-order valence-corrected chi connectivity index (χ3v) is 2.42. The van der Waals surface area contributed by atoms with Crippen LogP contribution in [0.3, 0.4) is 0 Å². The van der Waals surface area contributed by atoms with Crippen molar-refractivity contribution >= 4 is 0 Å². The van der Waals surface area contributed by atoms with Gasteiger partial charge in [-0.3, -0.25) is 0 Å². The number of nitrogens with one attached hydrogen (secondary N) is 1. The molecule has 86 valence electrons. The molecule has 0 aliphatic heterocycles. The molecular weight excluding hydrogens is 174 g/mol. The van der Waals surface area contributed by atoms with E-state index in [4.69, 9.17) is 4.74 Å². The largest absolute Gasteiger partial charge is 0.381 e.